The van der Waals surface area contributed by atoms with Crippen LogP contribution in [0.25, 0.3) is 4.72 Å². The third-order valence-corrected chi connectivity index (χ3v) is 4.97. The van der Waals surface area contributed by atoms with Crippen LogP contribution in [0.2, 0.25) is 0 Å². The van der Waals surface area contributed by atoms with E-state index >= 15 is 0 Å². The van der Waals surface area contributed by atoms with Crippen LogP contribution in [0.1, 0.15) is 11.4 Å². The van der Waals surface area contributed by atoms with Gasteiger partial charge >= 0.3 is 29.6 Å². The number of nitrogens with zero attached hydrogens (tertiary/aromatic N) is 3. The molecule has 21 heavy (non-hydrogen) atoms. The summed E-state index contributed by atoms with van der Waals surface area (Å²) in [5.41, 5.74) is 7.26. The van der Waals surface area contributed by atoms with E-state index < -0.39 is 10.0 Å². The number of rotatable bonds is 3. The Morgan fingerprint density at radius 3 is 2.05 bits per heavy atom. The predicted molar refractivity (Wildman–Crippen MR) is 80.3 cm³/mol. The molecule has 2 aromatic rings. The molecule has 0 atom stereocenters. The smallest absolute Gasteiger partial charge is 0.399 e. The van der Waals surface area contributed by atoms with Crippen molar-refractivity contribution >= 4 is 37.6 Å². The van der Waals surface area contributed by atoms with Gasteiger partial charge in [0.25, 0.3) is 0 Å². The number of anilines is 1. The van der Waals surface area contributed by atoms with Gasteiger partial charge in [0, 0.05) is 16.1 Å². The van der Waals surface area contributed by atoms with Gasteiger partial charge in [-0.1, -0.05) is 0 Å². The van der Waals surface area contributed by atoms with Crippen molar-refractivity contribution in [3.63, 3.8) is 0 Å². The third kappa shape index (κ3) is 4.40. The largest absolute Gasteiger partial charge is 1.00 e. The molecule has 1 aromatic carbocycles. The molecule has 0 aliphatic carbocycles. The Hall–Kier alpha value is -0.670. The predicted octanol–water partition coefficient (Wildman–Crippen LogP) is -0.164. The molecule has 0 radical (unpaired) electrons. The van der Waals surface area contributed by atoms with Gasteiger partial charge in [0.2, 0.25) is 10.0 Å². The minimum atomic E-state index is -3.85. The van der Waals surface area contributed by atoms with Gasteiger partial charge in [0.15, 0.2) is 0 Å². The molecule has 9 heteroatoms. The number of aryl methyl sites for hydroxylation is 2. The average molecular weight is 379 g/mol. The molecule has 0 saturated heterocycles. The van der Waals surface area contributed by atoms with Gasteiger partial charge in [0.1, 0.15) is 0 Å². The maximum atomic E-state index is 12.1. The van der Waals surface area contributed by atoms with Crippen LogP contribution in [0.5, 0.6) is 0 Å². The second-order valence-electron chi connectivity index (χ2n) is 4.14. The van der Waals surface area contributed by atoms with E-state index in [-0.39, 0.29) is 40.4 Å². The van der Waals surface area contributed by atoms with Crippen LogP contribution in [0.3, 0.4) is 0 Å². The zero-order valence-corrected chi connectivity index (χ0v) is 16.2. The summed E-state index contributed by atoms with van der Waals surface area (Å²) in [5, 5.41) is 0. The van der Waals surface area contributed by atoms with Crippen molar-refractivity contribution in [2.75, 3.05) is 5.73 Å². The van der Waals surface area contributed by atoms with Crippen molar-refractivity contribution in [1.29, 1.82) is 0 Å². The average Bonchev–Trinajstić information content (AvgIpc) is 2.36. The normalized spacial score (nSPS) is 10.8. The van der Waals surface area contributed by atoms with Crippen molar-refractivity contribution in [1.82, 2.24) is 9.97 Å². The van der Waals surface area contributed by atoms with E-state index in [2.05, 4.69) is 30.6 Å². The molecular weight excluding hydrogens is 367 g/mol. The molecule has 0 unspecified atom stereocenters. The van der Waals surface area contributed by atoms with E-state index in [9.17, 15) is 8.42 Å². The van der Waals surface area contributed by atoms with Gasteiger partial charge in [0.05, 0.1) is 4.90 Å². The van der Waals surface area contributed by atoms with Crippen LogP contribution in [0.4, 0.5) is 11.6 Å². The first-order valence-electron chi connectivity index (χ1n) is 5.64. The van der Waals surface area contributed by atoms with Crippen molar-refractivity contribution in [3.8, 4) is 0 Å². The summed E-state index contributed by atoms with van der Waals surface area (Å²) in [7, 11) is -3.85. The van der Waals surface area contributed by atoms with E-state index in [1.807, 2.05) is 0 Å². The Kier molecular flexibility index (Phi) is 6.18. The molecule has 0 amide bonds. The van der Waals surface area contributed by atoms with Crippen LogP contribution in [0.15, 0.2) is 33.6 Å². The summed E-state index contributed by atoms with van der Waals surface area (Å²) in [5.74, 6) is -0.0833. The number of aromatic nitrogens is 2. The summed E-state index contributed by atoms with van der Waals surface area (Å²) in [4.78, 5) is 8.12. The monoisotopic (exact) mass is 378 g/mol. The topological polar surface area (TPSA) is 100 Å². The SMILES string of the molecule is Cc1nc([N-]S(=O)(=O)c2ccc(N)cc2)nc(C)c1Br.[Na+]. The standard InChI is InChI=1S/C12H12BrN4O2S.Na/c1-7-11(13)8(2)16-12(15-7)17-20(18,19)10-5-3-9(14)4-6-10;/h3-6H,14H2,1-2H3;/q-1;+1. The Labute approximate surface area is 154 Å². The molecule has 0 spiro atoms. The maximum Gasteiger partial charge on any atom is 1.00 e. The summed E-state index contributed by atoms with van der Waals surface area (Å²) in [6.07, 6.45) is 0. The zero-order valence-electron chi connectivity index (χ0n) is 11.8. The van der Waals surface area contributed by atoms with E-state index in [0.717, 1.165) is 4.47 Å². The van der Waals surface area contributed by atoms with Crippen molar-refractivity contribution < 1.29 is 38.0 Å². The summed E-state index contributed by atoms with van der Waals surface area (Å²) in [6, 6.07) is 5.79. The Morgan fingerprint density at radius 1 is 1.10 bits per heavy atom. The van der Waals surface area contributed by atoms with Crippen LogP contribution in [-0.4, -0.2) is 18.4 Å². The summed E-state index contributed by atoms with van der Waals surface area (Å²) >= 11 is 3.32. The maximum absolute atomic E-state index is 12.1. The van der Waals surface area contributed by atoms with E-state index in [1.165, 1.54) is 24.3 Å². The summed E-state index contributed by atoms with van der Waals surface area (Å²) < 4.78 is 28.6. The quantitative estimate of drug-likeness (QED) is 0.590. The first-order valence-corrected chi connectivity index (χ1v) is 7.87. The van der Waals surface area contributed by atoms with Crippen LogP contribution in [-0.2, 0) is 10.0 Å². The number of sulfonamides is 1. The first kappa shape index (κ1) is 18.4. The van der Waals surface area contributed by atoms with E-state index in [1.54, 1.807) is 13.8 Å². The molecule has 0 fully saturated rings. The molecule has 0 saturated carbocycles. The Balaban J connectivity index is 0.00000220. The number of halogens is 1. The van der Waals surface area contributed by atoms with Crippen LogP contribution in [0, 0.1) is 13.8 Å². The van der Waals surface area contributed by atoms with Crippen LogP contribution < -0.4 is 35.3 Å². The zero-order chi connectivity index (χ0) is 14.9. The molecule has 0 aliphatic rings. The van der Waals surface area contributed by atoms with Crippen molar-refractivity contribution in [2.45, 2.75) is 18.7 Å². The number of hydrogen-bond acceptors (Lipinski definition) is 5. The molecule has 2 rings (SSSR count). The minimum absolute atomic E-state index is 0. The fourth-order valence-corrected chi connectivity index (χ4v) is 2.59. The molecule has 1 aromatic heterocycles. The van der Waals surface area contributed by atoms with Gasteiger partial charge in [-0.25, -0.2) is 8.42 Å². The summed E-state index contributed by atoms with van der Waals surface area (Å²) in [6.45, 7) is 3.49. The molecule has 0 bridgehead atoms. The number of nitrogen functional groups attached to an aromatic ring is 1. The van der Waals surface area contributed by atoms with Gasteiger partial charge in [-0.2, -0.15) is 0 Å². The van der Waals surface area contributed by atoms with Gasteiger partial charge in [-0.3, -0.25) is 4.72 Å². The first-order chi connectivity index (χ1) is 9.29. The van der Waals surface area contributed by atoms with Gasteiger partial charge < -0.3 is 15.7 Å². The molecule has 0 aliphatic heterocycles. The number of benzene rings is 1. The minimum Gasteiger partial charge on any atom is -0.399 e. The van der Waals surface area contributed by atoms with Gasteiger partial charge in [-0.05, 0) is 65.4 Å². The van der Waals surface area contributed by atoms with Gasteiger partial charge in [-0.15, -0.1) is 0 Å². The molecule has 6 nitrogen and oxygen atoms in total. The van der Waals surface area contributed by atoms with E-state index in [4.69, 9.17) is 5.73 Å². The van der Waals surface area contributed by atoms with Crippen LogP contribution >= 0.6 is 15.9 Å². The second-order valence-corrected chi connectivity index (χ2v) is 6.54. The molecule has 106 valence electrons. The molecule has 1 heterocycles. The Morgan fingerprint density at radius 2 is 1.57 bits per heavy atom. The Bertz CT molecular complexity index is 727. The molecule has 2 N–H and O–H groups in total. The second kappa shape index (κ2) is 7.06. The van der Waals surface area contributed by atoms with E-state index in [0.29, 0.717) is 17.1 Å². The third-order valence-electron chi connectivity index (χ3n) is 2.55. The molecular formula is C12H12BrN4NaO2S. The number of hydrogen-bond donors (Lipinski definition) is 1. The fraction of sp³-hybridized carbons (Fsp3) is 0.167. The van der Waals surface area contributed by atoms with Crippen molar-refractivity contribution in [2.24, 2.45) is 0 Å². The fourth-order valence-electron chi connectivity index (χ4n) is 1.53. The number of nitrogens with two attached hydrogens (primary N) is 1. The van der Waals surface area contributed by atoms with Crippen molar-refractivity contribution in [3.05, 3.63) is 44.8 Å².